The molecule has 252 valence electrons. The lowest BCUT2D eigenvalue weighted by molar-refractivity contribution is 1.07. The van der Waals surface area contributed by atoms with Crippen LogP contribution in [0.5, 0.6) is 0 Å². The van der Waals surface area contributed by atoms with E-state index in [0.29, 0.717) is 17.5 Å². The van der Waals surface area contributed by atoms with Gasteiger partial charge < -0.3 is 4.57 Å². The quantitative estimate of drug-likeness (QED) is 0.179. The first-order chi connectivity index (χ1) is 26.7. The number of benzene rings is 8. The molecule has 0 fully saturated rings. The molecule has 8 aromatic carbocycles. The van der Waals surface area contributed by atoms with E-state index in [2.05, 4.69) is 180 Å². The number of thiophene rings is 1. The lowest BCUT2D eigenvalue weighted by Gasteiger charge is -2.12. The lowest BCUT2D eigenvalue weighted by Crippen LogP contribution is -2.01. The van der Waals surface area contributed by atoms with Crippen LogP contribution in [0.3, 0.4) is 0 Å². The van der Waals surface area contributed by atoms with Gasteiger partial charge in [0.2, 0.25) is 0 Å². The first kappa shape index (κ1) is 30.7. The Labute approximate surface area is 315 Å². The van der Waals surface area contributed by atoms with Crippen molar-refractivity contribution in [2.24, 2.45) is 0 Å². The van der Waals surface area contributed by atoms with Crippen molar-refractivity contribution in [1.29, 1.82) is 0 Å². The summed E-state index contributed by atoms with van der Waals surface area (Å²) in [5.41, 5.74) is 8.52. The third-order valence-electron chi connectivity index (χ3n) is 10.4. The van der Waals surface area contributed by atoms with Gasteiger partial charge in [-0.15, -0.1) is 11.3 Å². The Balaban J connectivity index is 1.10. The van der Waals surface area contributed by atoms with Crippen molar-refractivity contribution in [1.82, 2.24) is 19.5 Å². The number of fused-ring (bicyclic) bond motifs is 7. The fourth-order valence-electron chi connectivity index (χ4n) is 7.79. The molecule has 3 aromatic heterocycles. The molecule has 0 amide bonds. The molecule has 5 heteroatoms. The minimum atomic E-state index is 0.630. The van der Waals surface area contributed by atoms with Crippen LogP contribution in [0.4, 0.5) is 0 Å². The maximum atomic E-state index is 5.20. The maximum absolute atomic E-state index is 5.20. The van der Waals surface area contributed by atoms with E-state index in [9.17, 15) is 0 Å². The van der Waals surface area contributed by atoms with Crippen LogP contribution in [0.1, 0.15) is 0 Å². The number of rotatable bonds is 5. The van der Waals surface area contributed by atoms with Gasteiger partial charge in [0, 0.05) is 53.3 Å². The van der Waals surface area contributed by atoms with Crippen LogP contribution < -0.4 is 0 Å². The molecule has 11 rings (SSSR count). The molecule has 0 aliphatic heterocycles. The molecule has 0 aliphatic rings. The Morgan fingerprint density at radius 1 is 0.333 bits per heavy atom. The van der Waals surface area contributed by atoms with Crippen molar-refractivity contribution in [3.63, 3.8) is 0 Å². The molecule has 0 aliphatic carbocycles. The van der Waals surface area contributed by atoms with E-state index in [-0.39, 0.29) is 0 Å². The van der Waals surface area contributed by atoms with Crippen molar-refractivity contribution in [2.45, 2.75) is 0 Å². The van der Waals surface area contributed by atoms with Gasteiger partial charge in [-0.05, 0) is 76.5 Å². The molecule has 0 saturated heterocycles. The molecule has 54 heavy (non-hydrogen) atoms. The first-order valence-electron chi connectivity index (χ1n) is 18.1. The zero-order valence-electron chi connectivity index (χ0n) is 29.0. The summed E-state index contributed by atoms with van der Waals surface area (Å²) in [6, 6.07) is 64.5. The third-order valence-corrected chi connectivity index (χ3v) is 11.6. The number of nitrogens with zero attached hydrogens (tertiary/aromatic N) is 4. The van der Waals surface area contributed by atoms with Crippen LogP contribution in [0, 0.1) is 0 Å². The molecule has 3 heterocycles. The molecule has 0 atom stereocenters. The number of para-hydroxylation sites is 1. The van der Waals surface area contributed by atoms with Crippen molar-refractivity contribution in [3.8, 4) is 51.0 Å². The summed E-state index contributed by atoms with van der Waals surface area (Å²) in [6.07, 6.45) is 0. The van der Waals surface area contributed by atoms with E-state index in [1.807, 2.05) is 17.4 Å². The van der Waals surface area contributed by atoms with E-state index in [4.69, 9.17) is 15.0 Å². The second-order valence-electron chi connectivity index (χ2n) is 13.7. The fourth-order valence-corrected chi connectivity index (χ4v) is 8.87. The predicted molar refractivity (Wildman–Crippen MR) is 226 cm³/mol. The minimum absolute atomic E-state index is 0.630. The number of hydrogen-bond donors (Lipinski definition) is 0. The van der Waals surface area contributed by atoms with Crippen molar-refractivity contribution < 1.29 is 0 Å². The van der Waals surface area contributed by atoms with Gasteiger partial charge in [0.15, 0.2) is 17.5 Å². The molecule has 4 nitrogen and oxygen atoms in total. The summed E-state index contributed by atoms with van der Waals surface area (Å²) in [4.78, 5) is 15.5. The molecule has 0 bridgehead atoms. The number of aromatic nitrogens is 4. The summed E-state index contributed by atoms with van der Waals surface area (Å²) in [7, 11) is 0. The second-order valence-corrected chi connectivity index (χ2v) is 14.8. The van der Waals surface area contributed by atoms with Crippen LogP contribution in [0.15, 0.2) is 182 Å². The smallest absolute Gasteiger partial charge is 0.164 e. The Kier molecular flexibility index (Phi) is 7.00. The average molecular weight is 707 g/mol. The highest BCUT2D eigenvalue weighted by Crippen LogP contribution is 2.38. The summed E-state index contributed by atoms with van der Waals surface area (Å²) in [5.74, 6) is 1.91. The molecular formula is C49H30N4S. The maximum Gasteiger partial charge on any atom is 0.164 e. The van der Waals surface area contributed by atoms with Crippen LogP contribution in [0.2, 0.25) is 0 Å². The topological polar surface area (TPSA) is 43.6 Å². The Hall–Kier alpha value is -6.95. The van der Waals surface area contributed by atoms with Crippen LogP contribution >= 0.6 is 11.3 Å². The van der Waals surface area contributed by atoms with Crippen LogP contribution in [0.25, 0.3) is 104 Å². The Bertz CT molecular complexity index is 3210. The Morgan fingerprint density at radius 2 is 0.907 bits per heavy atom. The van der Waals surface area contributed by atoms with Gasteiger partial charge in [-0.2, -0.15) is 0 Å². The zero-order chi connectivity index (χ0) is 35.6. The highest BCUT2D eigenvalue weighted by molar-refractivity contribution is 7.25. The molecule has 0 radical (unpaired) electrons. The molecular weight excluding hydrogens is 677 g/mol. The fraction of sp³-hybridized carbons (Fsp3) is 0. The average Bonchev–Trinajstić information content (AvgIpc) is 3.78. The van der Waals surface area contributed by atoms with Crippen LogP contribution in [-0.4, -0.2) is 19.5 Å². The molecule has 0 unspecified atom stereocenters. The largest absolute Gasteiger partial charge is 0.309 e. The van der Waals surface area contributed by atoms with Crippen LogP contribution in [-0.2, 0) is 0 Å². The molecule has 11 aromatic rings. The molecule has 0 N–H and O–H groups in total. The SMILES string of the molecule is c1ccc(-c2ccc(-c3nc(-c4cccc(-n5c6ccccc6c6cc7ccccc7cc65)c4)nc(-c4ccc5sc6ccccc6c5c4)n3)cc2)cc1. The molecule has 0 saturated carbocycles. The van der Waals surface area contributed by atoms with E-state index in [1.165, 1.54) is 52.8 Å². The summed E-state index contributed by atoms with van der Waals surface area (Å²) in [5, 5.41) is 7.36. The molecule has 0 spiro atoms. The van der Waals surface area contributed by atoms with E-state index in [1.54, 1.807) is 0 Å². The Morgan fingerprint density at radius 3 is 1.72 bits per heavy atom. The van der Waals surface area contributed by atoms with E-state index in [0.717, 1.165) is 33.5 Å². The summed E-state index contributed by atoms with van der Waals surface area (Å²) < 4.78 is 4.88. The van der Waals surface area contributed by atoms with E-state index < -0.39 is 0 Å². The summed E-state index contributed by atoms with van der Waals surface area (Å²) >= 11 is 1.81. The highest BCUT2D eigenvalue weighted by atomic mass is 32.1. The van der Waals surface area contributed by atoms with Crippen molar-refractivity contribution in [3.05, 3.63) is 182 Å². The van der Waals surface area contributed by atoms with Gasteiger partial charge in [0.1, 0.15) is 0 Å². The third kappa shape index (κ3) is 5.09. The predicted octanol–water partition coefficient (Wildman–Crippen LogP) is 13.2. The van der Waals surface area contributed by atoms with Gasteiger partial charge in [-0.3, -0.25) is 0 Å². The minimum Gasteiger partial charge on any atom is -0.309 e. The van der Waals surface area contributed by atoms with Gasteiger partial charge in [0.25, 0.3) is 0 Å². The standard InChI is InChI=1S/C49H30N4S/c1-2-11-31(12-3-1)32-21-23-33(24-22-32)47-50-48(52-49(51-47)37-25-26-46-42(29-37)40-18-7-9-20-45(40)54-46)36-15-10-16-38(27-36)53-43-19-8-6-17-39(43)41-28-34-13-4-5-14-35(34)30-44(41)53/h1-30H. The monoisotopic (exact) mass is 706 g/mol. The lowest BCUT2D eigenvalue weighted by atomic mass is 10.0. The summed E-state index contributed by atoms with van der Waals surface area (Å²) in [6.45, 7) is 0. The first-order valence-corrected chi connectivity index (χ1v) is 18.9. The zero-order valence-corrected chi connectivity index (χ0v) is 29.8. The van der Waals surface area contributed by atoms with Gasteiger partial charge >= 0.3 is 0 Å². The van der Waals surface area contributed by atoms with E-state index >= 15 is 0 Å². The number of hydrogen-bond acceptors (Lipinski definition) is 4. The van der Waals surface area contributed by atoms with Gasteiger partial charge in [-0.25, -0.2) is 15.0 Å². The normalized spacial score (nSPS) is 11.7. The van der Waals surface area contributed by atoms with Gasteiger partial charge in [-0.1, -0.05) is 127 Å². The second kappa shape index (κ2) is 12.3. The highest BCUT2D eigenvalue weighted by Gasteiger charge is 2.17. The van der Waals surface area contributed by atoms with Crippen molar-refractivity contribution >= 4 is 64.1 Å². The van der Waals surface area contributed by atoms with Gasteiger partial charge in [0.05, 0.1) is 11.0 Å². The van der Waals surface area contributed by atoms with Crippen molar-refractivity contribution in [2.75, 3.05) is 0 Å².